The van der Waals surface area contributed by atoms with Crippen LogP contribution in [0.2, 0.25) is 0 Å². The number of aryl methyl sites for hydroxylation is 1. The molecule has 0 bridgehead atoms. The van der Waals surface area contributed by atoms with E-state index < -0.39 is 36.5 Å². The van der Waals surface area contributed by atoms with E-state index in [4.69, 9.17) is 0 Å². The Bertz CT molecular complexity index is 1590. The number of hydrogen-bond donors (Lipinski definition) is 2. The Balaban J connectivity index is 1.55. The SMILES string of the molecule is Cc1cc(-n2cnc3c(NCCC(F)(F)F)cc(C(=O)c4ccc(O)c(F)c4)cc32)ccc1C(=O)CC1CC1. The summed E-state index contributed by atoms with van der Waals surface area (Å²) in [6, 6.07) is 11.5. The van der Waals surface area contributed by atoms with E-state index in [2.05, 4.69) is 10.3 Å². The van der Waals surface area contributed by atoms with Gasteiger partial charge in [-0.25, -0.2) is 9.37 Å². The zero-order valence-corrected chi connectivity index (χ0v) is 21.0. The van der Waals surface area contributed by atoms with Gasteiger partial charge in [-0.3, -0.25) is 14.2 Å². The van der Waals surface area contributed by atoms with Crippen LogP contribution < -0.4 is 5.32 Å². The first kappa shape index (κ1) is 26.4. The third-order valence-corrected chi connectivity index (χ3v) is 6.81. The molecular formula is C29H25F4N3O3. The minimum Gasteiger partial charge on any atom is -0.505 e. The van der Waals surface area contributed by atoms with Crippen molar-refractivity contribution < 1.29 is 32.3 Å². The van der Waals surface area contributed by atoms with Crippen molar-refractivity contribution in [3.8, 4) is 11.4 Å². The molecule has 6 nitrogen and oxygen atoms in total. The van der Waals surface area contributed by atoms with Crippen LogP contribution >= 0.6 is 0 Å². The minimum atomic E-state index is -4.38. The number of phenols is 1. The number of fused-ring (bicyclic) bond motifs is 1. The lowest BCUT2D eigenvalue weighted by Crippen LogP contribution is -2.15. The van der Waals surface area contributed by atoms with Gasteiger partial charge in [-0.1, -0.05) is 0 Å². The second-order valence-electron chi connectivity index (χ2n) is 9.86. The van der Waals surface area contributed by atoms with Crippen molar-refractivity contribution in [3.05, 3.63) is 82.9 Å². The molecule has 39 heavy (non-hydrogen) atoms. The molecule has 1 aliphatic carbocycles. The smallest absolute Gasteiger partial charge is 0.390 e. The highest BCUT2D eigenvalue weighted by atomic mass is 19.4. The first-order chi connectivity index (χ1) is 18.5. The highest BCUT2D eigenvalue weighted by Gasteiger charge is 2.27. The fourth-order valence-corrected chi connectivity index (χ4v) is 4.55. The Morgan fingerprint density at radius 2 is 1.85 bits per heavy atom. The van der Waals surface area contributed by atoms with E-state index >= 15 is 0 Å². The van der Waals surface area contributed by atoms with E-state index in [1.165, 1.54) is 24.5 Å². The number of anilines is 1. The summed E-state index contributed by atoms with van der Waals surface area (Å²) in [5.74, 6) is -1.62. The molecule has 10 heteroatoms. The molecule has 0 atom stereocenters. The number of aromatic nitrogens is 2. The summed E-state index contributed by atoms with van der Waals surface area (Å²) in [6.45, 7) is 1.40. The standard InChI is InChI=1S/C29H25F4N3O3/c1-16-10-20(5-6-21(16)26(38)11-17-2-3-17)36-15-35-27-23(34-9-8-29(31,32)33)13-19(14-24(27)36)28(39)18-4-7-25(37)22(30)12-18/h4-7,10,12-15,17,34,37H,2-3,8-9,11H2,1H3. The number of carbonyl (C=O) groups is 2. The fourth-order valence-electron chi connectivity index (χ4n) is 4.55. The summed E-state index contributed by atoms with van der Waals surface area (Å²) >= 11 is 0. The van der Waals surface area contributed by atoms with Gasteiger partial charge in [0.15, 0.2) is 23.1 Å². The lowest BCUT2D eigenvalue weighted by molar-refractivity contribution is -0.131. The Morgan fingerprint density at radius 3 is 2.51 bits per heavy atom. The van der Waals surface area contributed by atoms with Crippen molar-refractivity contribution in [2.45, 2.75) is 38.8 Å². The molecule has 0 aliphatic heterocycles. The van der Waals surface area contributed by atoms with Gasteiger partial charge in [-0.15, -0.1) is 0 Å². The van der Waals surface area contributed by atoms with Gasteiger partial charge in [0.05, 0.1) is 17.6 Å². The average Bonchev–Trinajstić information content (AvgIpc) is 3.58. The Hall–Kier alpha value is -4.21. The summed E-state index contributed by atoms with van der Waals surface area (Å²) in [4.78, 5) is 30.3. The lowest BCUT2D eigenvalue weighted by atomic mass is 10.00. The van der Waals surface area contributed by atoms with Gasteiger partial charge in [0.25, 0.3) is 0 Å². The molecule has 0 amide bonds. The highest BCUT2D eigenvalue weighted by molar-refractivity contribution is 6.12. The molecule has 3 aromatic carbocycles. The van der Waals surface area contributed by atoms with Crippen molar-refractivity contribution in [2.75, 3.05) is 11.9 Å². The maximum absolute atomic E-state index is 13.9. The number of carbonyl (C=O) groups excluding carboxylic acids is 2. The first-order valence-corrected chi connectivity index (χ1v) is 12.5. The number of ketones is 2. The number of rotatable bonds is 9. The number of Topliss-reactive ketones (excluding diaryl/α,β-unsaturated/α-hetero) is 1. The summed E-state index contributed by atoms with van der Waals surface area (Å²) in [5, 5.41) is 12.2. The van der Waals surface area contributed by atoms with Crippen molar-refractivity contribution in [1.29, 1.82) is 0 Å². The van der Waals surface area contributed by atoms with E-state index in [-0.39, 0.29) is 22.6 Å². The van der Waals surface area contributed by atoms with E-state index in [0.717, 1.165) is 30.5 Å². The molecule has 0 saturated heterocycles. The molecule has 1 aromatic heterocycles. The molecule has 0 unspecified atom stereocenters. The molecule has 1 aliphatic rings. The quantitative estimate of drug-likeness (QED) is 0.181. The van der Waals surface area contributed by atoms with Gasteiger partial charge in [0, 0.05) is 35.3 Å². The number of benzene rings is 3. The van der Waals surface area contributed by atoms with Gasteiger partial charge >= 0.3 is 6.18 Å². The summed E-state index contributed by atoms with van der Waals surface area (Å²) in [7, 11) is 0. The van der Waals surface area contributed by atoms with Crippen molar-refractivity contribution in [1.82, 2.24) is 9.55 Å². The second kappa shape index (κ2) is 10.2. The molecule has 2 N–H and O–H groups in total. The maximum Gasteiger partial charge on any atom is 0.390 e. The van der Waals surface area contributed by atoms with Gasteiger partial charge in [0.2, 0.25) is 0 Å². The van der Waals surface area contributed by atoms with Crippen LogP contribution in [-0.4, -0.2) is 38.9 Å². The third-order valence-electron chi connectivity index (χ3n) is 6.81. The summed E-state index contributed by atoms with van der Waals surface area (Å²) < 4.78 is 54.0. The zero-order valence-electron chi connectivity index (χ0n) is 21.0. The van der Waals surface area contributed by atoms with Gasteiger partial charge in [-0.05, 0) is 79.8 Å². The van der Waals surface area contributed by atoms with Crippen LogP contribution in [0.1, 0.15) is 57.5 Å². The van der Waals surface area contributed by atoms with Crippen LogP contribution in [0.15, 0.2) is 54.9 Å². The largest absolute Gasteiger partial charge is 0.505 e. The Kier molecular flexibility index (Phi) is 6.88. The fraction of sp³-hybridized carbons (Fsp3) is 0.276. The predicted octanol–water partition coefficient (Wildman–Crippen LogP) is 6.76. The monoisotopic (exact) mass is 539 g/mol. The lowest BCUT2D eigenvalue weighted by Gasteiger charge is -2.13. The number of nitrogens with zero attached hydrogens (tertiary/aromatic N) is 2. The minimum absolute atomic E-state index is 0.0358. The molecule has 202 valence electrons. The second-order valence-corrected chi connectivity index (χ2v) is 9.86. The van der Waals surface area contributed by atoms with E-state index in [1.807, 2.05) is 13.0 Å². The van der Waals surface area contributed by atoms with E-state index in [0.29, 0.717) is 34.6 Å². The van der Waals surface area contributed by atoms with Crippen LogP contribution in [0.4, 0.5) is 23.2 Å². The number of nitrogens with one attached hydrogen (secondary N) is 1. The number of phenolic OH excluding ortho intramolecular Hbond substituents is 1. The molecule has 1 heterocycles. The number of hydrogen-bond acceptors (Lipinski definition) is 5. The summed E-state index contributed by atoms with van der Waals surface area (Å²) in [5.41, 5.74) is 3.11. The van der Waals surface area contributed by atoms with Gasteiger partial charge in [-0.2, -0.15) is 13.2 Å². The number of aromatic hydroxyl groups is 1. The average molecular weight is 540 g/mol. The molecule has 5 rings (SSSR count). The Labute approximate surface area is 221 Å². The molecular weight excluding hydrogens is 514 g/mol. The van der Waals surface area contributed by atoms with Crippen LogP contribution in [0.5, 0.6) is 5.75 Å². The normalized spacial score (nSPS) is 13.6. The molecule has 1 fully saturated rings. The predicted molar refractivity (Wildman–Crippen MR) is 138 cm³/mol. The maximum atomic E-state index is 13.9. The molecule has 1 saturated carbocycles. The molecule has 0 radical (unpaired) electrons. The Morgan fingerprint density at radius 1 is 1.08 bits per heavy atom. The van der Waals surface area contributed by atoms with Crippen LogP contribution in [-0.2, 0) is 0 Å². The highest BCUT2D eigenvalue weighted by Crippen LogP contribution is 2.34. The van der Waals surface area contributed by atoms with Crippen LogP contribution in [0.3, 0.4) is 0 Å². The third kappa shape index (κ3) is 5.79. The van der Waals surface area contributed by atoms with Gasteiger partial charge in [0.1, 0.15) is 11.8 Å². The number of imidazole rings is 1. The van der Waals surface area contributed by atoms with Crippen molar-refractivity contribution in [2.24, 2.45) is 5.92 Å². The number of halogens is 4. The number of alkyl halides is 3. The van der Waals surface area contributed by atoms with Gasteiger partial charge < -0.3 is 10.4 Å². The summed E-state index contributed by atoms with van der Waals surface area (Å²) in [6.07, 6.45) is -1.31. The zero-order chi connectivity index (χ0) is 27.9. The van der Waals surface area contributed by atoms with E-state index in [9.17, 15) is 32.3 Å². The van der Waals surface area contributed by atoms with Crippen LogP contribution in [0.25, 0.3) is 16.7 Å². The molecule has 4 aromatic rings. The molecule has 0 spiro atoms. The first-order valence-electron chi connectivity index (χ1n) is 12.5. The van der Waals surface area contributed by atoms with E-state index in [1.54, 1.807) is 16.7 Å². The topological polar surface area (TPSA) is 84.2 Å². The van der Waals surface area contributed by atoms with Crippen LogP contribution in [0, 0.1) is 18.7 Å². The van der Waals surface area contributed by atoms with Crippen molar-refractivity contribution in [3.63, 3.8) is 0 Å². The van der Waals surface area contributed by atoms with Crippen molar-refractivity contribution >= 4 is 28.3 Å².